The fourth-order valence-corrected chi connectivity index (χ4v) is 1.81. The van der Waals surface area contributed by atoms with Gasteiger partial charge >= 0.3 is 5.97 Å². The Morgan fingerprint density at radius 2 is 1.83 bits per heavy atom. The fourth-order valence-electron chi connectivity index (χ4n) is 1.81. The van der Waals surface area contributed by atoms with Gasteiger partial charge in [0, 0.05) is 5.56 Å². The summed E-state index contributed by atoms with van der Waals surface area (Å²) in [5, 5.41) is 8.68. The van der Waals surface area contributed by atoms with E-state index >= 15 is 0 Å². The van der Waals surface area contributed by atoms with Crippen LogP contribution in [0.15, 0.2) is 40.8 Å². The van der Waals surface area contributed by atoms with Crippen LogP contribution in [0.25, 0.3) is 11.3 Å². The lowest BCUT2D eigenvalue weighted by Gasteiger charge is -2.05. The number of benzene rings is 1. The number of carboxylic acids is 1. The fraction of sp³-hybridized carbons (Fsp3) is 0.267. The molecule has 0 saturated carbocycles. The lowest BCUT2D eigenvalue weighted by Crippen LogP contribution is -1.97. The Balaban J connectivity index is 2.20. The Kier molecular flexibility index (Phi) is 3.51. The number of furan rings is 1. The average Bonchev–Trinajstić information content (AvgIpc) is 2.76. The van der Waals surface area contributed by atoms with Crippen molar-refractivity contribution in [1.82, 2.24) is 0 Å². The normalized spacial score (nSPS) is 10.8. The Morgan fingerprint density at radius 1 is 1.17 bits per heavy atom. The predicted octanol–water partition coefficient (Wildman–Crippen LogP) is 3.70. The molecule has 0 amide bonds. The van der Waals surface area contributed by atoms with E-state index in [2.05, 4.69) is 26.0 Å². The maximum Gasteiger partial charge on any atom is 0.311 e. The minimum atomic E-state index is -0.883. The van der Waals surface area contributed by atoms with E-state index < -0.39 is 5.97 Å². The van der Waals surface area contributed by atoms with Crippen molar-refractivity contribution in [2.45, 2.75) is 26.2 Å². The number of carbonyl (C=O) groups is 1. The SMILES string of the molecule is CC(C)c1ccc(-c2ccc(CC(=O)O)o2)cc1. The Bertz CT molecular complexity index is 535. The van der Waals surface area contributed by atoms with Gasteiger partial charge in [-0.15, -0.1) is 0 Å². The summed E-state index contributed by atoms with van der Waals surface area (Å²) in [6.07, 6.45) is -0.0793. The second kappa shape index (κ2) is 5.08. The molecule has 0 spiro atoms. The molecule has 0 unspecified atom stereocenters. The van der Waals surface area contributed by atoms with Crippen LogP contribution in [0.5, 0.6) is 0 Å². The number of hydrogen-bond acceptors (Lipinski definition) is 2. The summed E-state index contributed by atoms with van der Waals surface area (Å²) >= 11 is 0. The van der Waals surface area contributed by atoms with E-state index in [9.17, 15) is 4.79 Å². The van der Waals surface area contributed by atoms with Gasteiger partial charge in [0.1, 0.15) is 17.9 Å². The van der Waals surface area contributed by atoms with Gasteiger partial charge in [-0.2, -0.15) is 0 Å². The molecule has 0 aliphatic rings. The van der Waals surface area contributed by atoms with Gasteiger partial charge in [-0.25, -0.2) is 0 Å². The summed E-state index contributed by atoms with van der Waals surface area (Å²) in [4.78, 5) is 10.6. The molecule has 2 aromatic rings. The maximum absolute atomic E-state index is 10.6. The quantitative estimate of drug-likeness (QED) is 0.892. The summed E-state index contributed by atoms with van der Waals surface area (Å²) in [5.41, 5.74) is 2.24. The maximum atomic E-state index is 10.6. The molecule has 0 aliphatic heterocycles. The zero-order chi connectivity index (χ0) is 13.1. The molecule has 0 atom stereocenters. The monoisotopic (exact) mass is 244 g/mol. The molecule has 1 heterocycles. The van der Waals surface area contributed by atoms with Crippen LogP contribution in [0.4, 0.5) is 0 Å². The lowest BCUT2D eigenvalue weighted by atomic mass is 10.0. The predicted molar refractivity (Wildman–Crippen MR) is 69.6 cm³/mol. The minimum Gasteiger partial charge on any atom is -0.481 e. The number of hydrogen-bond donors (Lipinski definition) is 1. The van der Waals surface area contributed by atoms with Gasteiger partial charge in [-0.05, 0) is 23.6 Å². The van der Waals surface area contributed by atoms with Crippen molar-refractivity contribution in [1.29, 1.82) is 0 Å². The van der Waals surface area contributed by atoms with Crippen LogP contribution in [0, 0.1) is 0 Å². The zero-order valence-corrected chi connectivity index (χ0v) is 10.5. The van der Waals surface area contributed by atoms with E-state index in [1.807, 2.05) is 18.2 Å². The van der Waals surface area contributed by atoms with E-state index in [4.69, 9.17) is 9.52 Å². The molecule has 0 saturated heterocycles. The van der Waals surface area contributed by atoms with Crippen LogP contribution in [0.2, 0.25) is 0 Å². The molecule has 1 N–H and O–H groups in total. The third-order valence-electron chi connectivity index (χ3n) is 2.85. The zero-order valence-electron chi connectivity index (χ0n) is 10.5. The third kappa shape index (κ3) is 2.80. The minimum absolute atomic E-state index is 0.0793. The van der Waals surface area contributed by atoms with Gasteiger partial charge in [-0.3, -0.25) is 4.79 Å². The topological polar surface area (TPSA) is 50.4 Å². The Morgan fingerprint density at radius 3 is 2.39 bits per heavy atom. The van der Waals surface area contributed by atoms with Gasteiger partial charge < -0.3 is 9.52 Å². The highest BCUT2D eigenvalue weighted by atomic mass is 16.4. The highest BCUT2D eigenvalue weighted by Gasteiger charge is 2.08. The molecule has 1 aromatic heterocycles. The molecule has 2 rings (SSSR count). The molecule has 0 fully saturated rings. The van der Waals surface area contributed by atoms with E-state index in [0.717, 1.165) is 5.56 Å². The number of rotatable bonds is 4. The van der Waals surface area contributed by atoms with Crippen LogP contribution in [-0.2, 0) is 11.2 Å². The largest absolute Gasteiger partial charge is 0.481 e. The smallest absolute Gasteiger partial charge is 0.311 e. The van der Waals surface area contributed by atoms with Crippen molar-refractivity contribution in [2.24, 2.45) is 0 Å². The second-order valence-corrected chi connectivity index (χ2v) is 4.61. The van der Waals surface area contributed by atoms with Crippen molar-refractivity contribution >= 4 is 5.97 Å². The first-order chi connectivity index (χ1) is 8.56. The van der Waals surface area contributed by atoms with Crippen LogP contribution in [0.3, 0.4) is 0 Å². The second-order valence-electron chi connectivity index (χ2n) is 4.61. The molecule has 0 radical (unpaired) electrons. The Hall–Kier alpha value is -2.03. The first-order valence-electron chi connectivity index (χ1n) is 5.97. The third-order valence-corrected chi connectivity index (χ3v) is 2.85. The van der Waals surface area contributed by atoms with Gasteiger partial charge in [0.2, 0.25) is 0 Å². The van der Waals surface area contributed by atoms with Crippen LogP contribution >= 0.6 is 0 Å². The average molecular weight is 244 g/mol. The molecular formula is C15H16O3. The molecular weight excluding hydrogens is 228 g/mol. The van der Waals surface area contributed by atoms with Gasteiger partial charge in [0.05, 0.1) is 0 Å². The standard InChI is InChI=1S/C15H16O3/c1-10(2)11-3-5-12(6-4-11)14-8-7-13(18-14)9-15(16)17/h3-8,10H,9H2,1-2H3,(H,16,17). The van der Waals surface area contributed by atoms with E-state index in [1.165, 1.54) is 5.56 Å². The van der Waals surface area contributed by atoms with Crippen molar-refractivity contribution in [3.8, 4) is 11.3 Å². The Labute approximate surface area is 106 Å². The van der Waals surface area contributed by atoms with Crippen LogP contribution in [-0.4, -0.2) is 11.1 Å². The van der Waals surface area contributed by atoms with Crippen molar-refractivity contribution < 1.29 is 14.3 Å². The molecule has 18 heavy (non-hydrogen) atoms. The molecule has 3 heteroatoms. The molecule has 94 valence electrons. The van der Waals surface area contributed by atoms with Gasteiger partial charge in [-0.1, -0.05) is 38.1 Å². The highest BCUT2D eigenvalue weighted by Crippen LogP contribution is 2.24. The van der Waals surface area contributed by atoms with E-state index in [0.29, 0.717) is 17.4 Å². The summed E-state index contributed by atoms with van der Waals surface area (Å²) < 4.78 is 5.50. The van der Waals surface area contributed by atoms with Crippen LogP contribution in [0.1, 0.15) is 31.1 Å². The molecule has 0 bridgehead atoms. The van der Waals surface area contributed by atoms with E-state index in [-0.39, 0.29) is 6.42 Å². The van der Waals surface area contributed by atoms with Crippen molar-refractivity contribution in [3.05, 3.63) is 47.7 Å². The van der Waals surface area contributed by atoms with Gasteiger partial charge in [0.25, 0.3) is 0 Å². The molecule has 0 aliphatic carbocycles. The first kappa shape index (κ1) is 12.4. The number of carboxylic acid groups (broad SMARTS) is 1. The molecule has 1 aromatic carbocycles. The molecule has 3 nitrogen and oxygen atoms in total. The van der Waals surface area contributed by atoms with Gasteiger partial charge in [0.15, 0.2) is 0 Å². The van der Waals surface area contributed by atoms with E-state index in [1.54, 1.807) is 6.07 Å². The number of aliphatic carboxylic acids is 1. The van der Waals surface area contributed by atoms with Crippen molar-refractivity contribution in [2.75, 3.05) is 0 Å². The highest BCUT2D eigenvalue weighted by molar-refractivity contribution is 5.69. The van der Waals surface area contributed by atoms with Crippen molar-refractivity contribution in [3.63, 3.8) is 0 Å². The van der Waals surface area contributed by atoms with Crippen LogP contribution < -0.4 is 0 Å². The first-order valence-corrected chi connectivity index (χ1v) is 5.97. The summed E-state index contributed by atoms with van der Waals surface area (Å²) in [6.45, 7) is 4.29. The summed E-state index contributed by atoms with van der Waals surface area (Å²) in [7, 11) is 0. The summed E-state index contributed by atoms with van der Waals surface area (Å²) in [6, 6.07) is 11.7. The lowest BCUT2D eigenvalue weighted by molar-refractivity contribution is -0.136. The summed E-state index contributed by atoms with van der Waals surface area (Å²) in [5.74, 6) is 0.802.